The van der Waals surface area contributed by atoms with Gasteiger partial charge in [-0.2, -0.15) is 4.98 Å². The number of hydrogen-bond donors (Lipinski definition) is 1. The van der Waals surface area contributed by atoms with Crippen molar-refractivity contribution in [2.24, 2.45) is 11.8 Å². The molecule has 7 nitrogen and oxygen atoms in total. The van der Waals surface area contributed by atoms with Crippen LogP contribution in [0.1, 0.15) is 34.8 Å². The first kappa shape index (κ1) is 15.3. The highest BCUT2D eigenvalue weighted by Gasteiger charge is 2.47. The van der Waals surface area contributed by atoms with Gasteiger partial charge < -0.3 is 14.5 Å². The van der Waals surface area contributed by atoms with Crippen molar-refractivity contribution in [3.63, 3.8) is 0 Å². The van der Waals surface area contributed by atoms with Gasteiger partial charge in [-0.1, -0.05) is 5.16 Å². The Bertz CT molecular complexity index is 788. The number of hydrogen-bond acceptors (Lipinski definition) is 6. The number of carbonyl (C=O) groups excluding carboxylic acids is 1. The molecule has 1 N–H and O–H groups in total. The Kier molecular flexibility index (Phi) is 3.60. The molecule has 7 heteroatoms. The fourth-order valence-electron chi connectivity index (χ4n) is 3.56. The van der Waals surface area contributed by atoms with E-state index in [0.29, 0.717) is 41.4 Å². The molecule has 0 bridgehead atoms. The number of fused-ring (bicyclic) bond motifs is 1. The first-order chi connectivity index (χ1) is 11.6. The second-order valence-corrected chi connectivity index (χ2v) is 6.78. The van der Waals surface area contributed by atoms with Crippen molar-refractivity contribution in [3.8, 4) is 11.5 Å². The zero-order valence-electron chi connectivity index (χ0n) is 13.8. The van der Waals surface area contributed by atoms with Crippen molar-refractivity contribution in [2.75, 3.05) is 13.2 Å². The predicted molar refractivity (Wildman–Crippen MR) is 85.1 cm³/mol. The van der Waals surface area contributed by atoms with Crippen molar-refractivity contribution in [2.45, 2.75) is 32.7 Å². The zero-order valence-corrected chi connectivity index (χ0v) is 13.8. The van der Waals surface area contributed by atoms with Gasteiger partial charge in [-0.15, -0.1) is 0 Å². The molecule has 0 aromatic carbocycles. The maximum atomic E-state index is 13.1. The molecule has 3 heterocycles. The van der Waals surface area contributed by atoms with Crippen LogP contribution in [0.3, 0.4) is 0 Å². The number of aliphatic hydroxyl groups is 1. The minimum Gasteiger partial charge on any atom is -0.394 e. The molecule has 1 unspecified atom stereocenters. The quantitative estimate of drug-likeness (QED) is 0.920. The van der Waals surface area contributed by atoms with E-state index in [0.717, 1.165) is 18.5 Å². The third-order valence-corrected chi connectivity index (χ3v) is 4.98. The summed E-state index contributed by atoms with van der Waals surface area (Å²) in [6, 6.07) is 3.48. The average Bonchev–Trinajstić information content (AvgIpc) is 3.22. The number of aromatic nitrogens is 3. The van der Waals surface area contributed by atoms with E-state index in [-0.39, 0.29) is 18.6 Å². The molecule has 1 saturated carbocycles. The van der Waals surface area contributed by atoms with Gasteiger partial charge in [0.1, 0.15) is 5.69 Å². The fraction of sp³-hybridized carbons (Fsp3) is 0.529. The van der Waals surface area contributed by atoms with Crippen LogP contribution in [-0.4, -0.2) is 50.2 Å². The summed E-state index contributed by atoms with van der Waals surface area (Å²) in [7, 11) is 0. The number of aliphatic hydroxyl groups excluding tert-OH is 1. The lowest BCUT2D eigenvalue weighted by molar-refractivity contribution is 0.0481. The Morgan fingerprint density at radius 1 is 1.29 bits per heavy atom. The minimum atomic E-state index is -0.172. The summed E-state index contributed by atoms with van der Waals surface area (Å²) in [6.07, 6.45) is 2.02. The Hall–Kier alpha value is -2.28. The lowest BCUT2D eigenvalue weighted by Crippen LogP contribution is -2.47. The number of piperidine rings is 1. The molecule has 3 atom stereocenters. The lowest BCUT2D eigenvalue weighted by Gasteiger charge is -2.34. The number of likely N-dealkylation sites (tertiary alicyclic amines) is 1. The maximum Gasteiger partial charge on any atom is 0.273 e. The average molecular weight is 328 g/mol. The van der Waals surface area contributed by atoms with Gasteiger partial charge in [0.05, 0.1) is 18.2 Å². The summed E-state index contributed by atoms with van der Waals surface area (Å²) in [4.78, 5) is 23.6. The van der Waals surface area contributed by atoms with Crippen LogP contribution in [0.4, 0.5) is 0 Å². The number of rotatable bonds is 3. The summed E-state index contributed by atoms with van der Waals surface area (Å²) < 4.78 is 5.23. The highest BCUT2D eigenvalue weighted by atomic mass is 16.5. The lowest BCUT2D eigenvalue weighted by atomic mass is 10.0. The van der Waals surface area contributed by atoms with Crippen LogP contribution in [0.25, 0.3) is 11.5 Å². The Morgan fingerprint density at radius 2 is 2.12 bits per heavy atom. The highest BCUT2D eigenvalue weighted by molar-refractivity contribution is 5.98. The van der Waals surface area contributed by atoms with Crippen LogP contribution in [0.15, 0.2) is 16.7 Å². The Labute approximate surface area is 139 Å². The summed E-state index contributed by atoms with van der Waals surface area (Å²) >= 11 is 0. The third-order valence-electron chi connectivity index (χ3n) is 4.98. The molecule has 2 aromatic rings. The van der Waals surface area contributed by atoms with E-state index < -0.39 is 0 Å². The minimum absolute atomic E-state index is 0.0181. The van der Waals surface area contributed by atoms with Crippen LogP contribution < -0.4 is 0 Å². The maximum absolute atomic E-state index is 13.1. The monoisotopic (exact) mass is 328 g/mol. The predicted octanol–water partition coefficient (Wildman–Crippen LogP) is 1.59. The SMILES string of the molecule is Cc1ccc(-c2nc(C)no2)c(C(=O)N2C[C@@H]3CC3C[C@H]2CO)n1. The smallest absolute Gasteiger partial charge is 0.273 e. The molecule has 0 spiro atoms. The molecule has 2 fully saturated rings. The first-order valence-corrected chi connectivity index (χ1v) is 8.27. The van der Waals surface area contributed by atoms with E-state index in [2.05, 4.69) is 15.1 Å². The molecule has 1 saturated heterocycles. The topological polar surface area (TPSA) is 92.4 Å². The summed E-state index contributed by atoms with van der Waals surface area (Å²) in [5.41, 5.74) is 1.61. The molecular weight excluding hydrogens is 308 g/mol. The summed E-state index contributed by atoms with van der Waals surface area (Å²) in [5.74, 6) is 1.86. The molecule has 0 radical (unpaired) electrons. The largest absolute Gasteiger partial charge is 0.394 e. The summed E-state index contributed by atoms with van der Waals surface area (Å²) in [6.45, 7) is 4.24. The van der Waals surface area contributed by atoms with Gasteiger partial charge in [0.2, 0.25) is 0 Å². The number of aryl methyl sites for hydroxylation is 2. The number of carbonyl (C=O) groups is 1. The normalized spacial score (nSPS) is 25.5. The van der Waals surface area contributed by atoms with E-state index in [1.54, 1.807) is 17.9 Å². The van der Waals surface area contributed by atoms with Gasteiger partial charge in [-0.25, -0.2) is 4.98 Å². The van der Waals surface area contributed by atoms with Crippen molar-refractivity contribution in [1.29, 1.82) is 0 Å². The second kappa shape index (κ2) is 5.66. The highest BCUT2D eigenvalue weighted by Crippen LogP contribution is 2.47. The van der Waals surface area contributed by atoms with Crippen molar-refractivity contribution >= 4 is 5.91 Å². The Balaban J connectivity index is 1.72. The van der Waals surface area contributed by atoms with Gasteiger partial charge >= 0.3 is 0 Å². The van der Waals surface area contributed by atoms with Crippen molar-refractivity contribution < 1.29 is 14.4 Å². The first-order valence-electron chi connectivity index (χ1n) is 8.27. The zero-order chi connectivity index (χ0) is 16.8. The van der Waals surface area contributed by atoms with E-state index in [4.69, 9.17) is 4.52 Å². The molecule has 126 valence electrons. The molecule has 2 aromatic heterocycles. The third kappa shape index (κ3) is 2.58. The van der Waals surface area contributed by atoms with Gasteiger partial charge in [0, 0.05) is 12.2 Å². The van der Waals surface area contributed by atoms with E-state index >= 15 is 0 Å². The molecule has 24 heavy (non-hydrogen) atoms. The van der Waals surface area contributed by atoms with E-state index in [1.807, 2.05) is 13.0 Å². The van der Waals surface area contributed by atoms with Crippen LogP contribution in [-0.2, 0) is 0 Å². The molecule has 4 rings (SSSR count). The van der Waals surface area contributed by atoms with Gasteiger partial charge in [0.15, 0.2) is 5.82 Å². The molecule has 2 aliphatic rings. The fourth-order valence-corrected chi connectivity index (χ4v) is 3.56. The van der Waals surface area contributed by atoms with Crippen LogP contribution in [0.2, 0.25) is 0 Å². The number of pyridine rings is 1. The van der Waals surface area contributed by atoms with Gasteiger partial charge in [-0.05, 0) is 50.7 Å². The van der Waals surface area contributed by atoms with E-state index in [9.17, 15) is 9.90 Å². The van der Waals surface area contributed by atoms with Gasteiger partial charge in [-0.3, -0.25) is 4.79 Å². The van der Waals surface area contributed by atoms with Crippen LogP contribution in [0, 0.1) is 25.7 Å². The van der Waals surface area contributed by atoms with Crippen molar-refractivity contribution in [1.82, 2.24) is 20.0 Å². The van der Waals surface area contributed by atoms with E-state index in [1.165, 1.54) is 0 Å². The van der Waals surface area contributed by atoms with Crippen LogP contribution >= 0.6 is 0 Å². The second-order valence-electron chi connectivity index (χ2n) is 6.78. The molecule has 1 aliphatic carbocycles. The number of amides is 1. The molecular formula is C17H20N4O3. The molecule has 1 aliphatic heterocycles. The van der Waals surface area contributed by atoms with Crippen molar-refractivity contribution in [3.05, 3.63) is 29.3 Å². The summed E-state index contributed by atoms with van der Waals surface area (Å²) in [5, 5.41) is 13.5. The Morgan fingerprint density at radius 3 is 2.83 bits per heavy atom. The number of nitrogens with zero attached hydrogens (tertiary/aromatic N) is 4. The molecule has 1 amide bonds. The standard InChI is InChI=1S/C17H20N4O3/c1-9-3-4-14(16-19-10(2)20-24-16)15(18-9)17(23)21-7-12-5-11(12)6-13(21)8-22/h3-4,11-13,22H,5-8H2,1-2H3/t11?,12-,13-/m0/s1. The van der Waals surface area contributed by atoms with Crippen LogP contribution in [0.5, 0.6) is 0 Å². The van der Waals surface area contributed by atoms with Gasteiger partial charge in [0.25, 0.3) is 11.8 Å².